The number of tetrazole rings is 1. The summed E-state index contributed by atoms with van der Waals surface area (Å²) in [4.78, 5) is 37.1. The zero-order valence-electron chi connectivity index (χ0n) is 20.6. The Bertz CT molecular complexity index is 1460. The number of aromatic nitrogens is 4. The van der Waals surface area contributed by atoms with Gasteiger partial charge in [0.05, 0.1) is 5.69 Å². The van der Waals surface area contributed by atoms with Gasteiger partial charge in [-0.15, -0.1) is 5.10 Å². The van der Waals surface area contributed by atoms with Crippen molar-refractivity contribution in [2.75, 3.05) is 5.32 Å². The number of primary amides is 1. The number of carbonyl (C=O) groups is 3. The van der Waals surface area contributed by atoms with Gasteiger partial charge in [-0.25, -0.2) is 4.79 Å². The minimum atomic E-state index is -0.862. The van der Waals surface area contributed by atoms with E-state index >= 15 is 0 Å². The van der Waals surface area contributed by atoms with E-state index in [2.05, 4.69) is 31.5 Å². The number of hydrogen-bond donors (Lipinski definition) is 4. The lowest BCUT2D eigenvalue weighted by Gasteiger charge is -2.18. The number of hydrogen-bond acceptors (Lipinski definition) is 6. The summed E-state index contributed by atoms with van der Waals surface area (Å²) in [5, 5.41) is 19.8. The van der Waals surface area contributed by atoms with Gasteiger partial charge < -0.3 is 21.7 Å². The smallest absolute Gasteiger partial charge is 0.312 e. The molecule has 1 aromatic heterocycles. The van der Waals surface area contributed by atoms with Crippen molar-refractivity contribution in [3.8, 4) is 5.69 Å². The van der Waals surface area contributed by atoms with E-state index in [0.717, 1.165) is 11.1 Å². The fraction of sp³-hybridized carbons (Fsp3) is 0.111. The summed E-state index contributed by atoms with van der Waals surface area (Å²) in [6.07, 6.45) is 4.61. The zero-order chi connectivity index (χ0) is 27.6. The Hall–Kier alpha value is -5.03. The third-order valence-electron chi connectivity index (χ3n) is 5.60. The molecule has 0 radical (unpaired) electrons. The van der Waals surface area contributed by atoms with E-state index in [0.29, 0.717) is 22.0 Å². The van der Waals surface area contributed by atoms with Crippen LogP contribution in [0.5, 0.6) is 0 Å². The van der Waals surface area contributed by atoms with Gasteiger partial charge in [-0.2, -0.15) is 4.68 Å². The van der Waals surface area contributed by atoms with Crippen molar-refractivity contribution in [1.29, 1.82) is 0 Å². The lowest BCUT2D eigenvalue weighted by atomic mass is 10.0. The number of benzene rings is 3. The van der Waals surface area contributed by atoms with Crippen LogP contribution < -0.4 is 21.7 Å². The summed E-state index contributed by atoms with van der Waals surface area (Å²) in [6, 6.07) is 19.9. The van der Waals surface area contributed by atoms with E-state index in [-0.39, 0.29) is 18.9 Å². The van der Waals surface area contributed by atoms with Crippen LogP contribution in [0.25, 0.3) is 11.8 Å². The van der Waals surface area contributed by atoms with Gasteiger partial charge in [0, 0.05) is 35.3 Å². The first-order valence-electron chi connectivity index (χ1n) is 11.9. The van der Waals surface area contributed by atoms with Crippen LogP contribution in [0.4, 0.5) is 10.5 Å². The van der Waals surface area contributed by atoms with Crippen molar-refractivity contribution < 1.29 is 14.4 Å². The molecule has 12 heteroatoms. The van der Waals surface area contributed by atoms with E-state index in [9.17, 15) is 14.4 Å². The number of nitrogens with one attached hydrogen (secondary N) is 3. The molecule has 3 aromatic carbocycles. The topological polar surface area (TPSA) is 157 Å². The minimum Gasteiger partial charge on any atom is -0.352 e. The maximum absolute atomic E-state index is 13.2. The van der Waals surface area contributed by atoms with Crippen LogP contribution in [-0.4, -0.2) is 44.1 Å². The van der Waals surface area contributed by atoms with Gasteiger partial charge in [0.15, 0.2) is 0 Å². The average Bonchev–Trinajstić information content (AvgIpc) is 3.46. The van der Waals surface area contributed by atoms with Crippen LogP contribution in [0.15, 0.2) is 85.2 Å². The molecule has 0 aliphatic rings. The molecule has 0 bridgehead atoms. The molecular weight excluding hydrogens is 520 g/mol. The molecule has 4 amide bonds. The van der Waals surface area contributed by atoms with Gasteiger partial charge in [0.25, 0.3) is 0 Å². The molecule has 0 aliphatic carbocycles. The third kappa shape index (κ3) is 7.98. The molecule has 0 spiro atoms. The lowest BCUT2D eigenvalue weighted by Crippen LogP contribution is -2.44. The Kier molecular flexibility index (Phi) is 8.99. The number of rotatable bonds is 10. The molecule has 4 aromatic rings. The highest BCUT2D eigenvalue weighted by molar-refractivity contribution is 6.30. The predicted molar refractivity (Wildman–Crippen MR) is 147 cm³/mol. The lowest BCUT2D eigenvalue weighted by molar-refractivity contribution is -0.123. The van der Waals surface area contributed by atoms with Crippen molar-refractivity contribution in [2.24, 2.45) is 5.73 Å². The number of halogens is 1. The van der Waals surface area contributed by atoms with E-state index < -0.39 is 18.0 Å². The predicted octanol–water partition coefficient (Wildman–Crippen LogP) is 2.86. The first-order valence-corrected chi connectivity index (χ1v) is 12.2. The molecular formula is C27H25ClN8O3. The molecule has 1 heterocycles. The van der Waals surface area contributed by atoms with Gasteiger partial charge in [-0.05, 0) is 58.0 Å². The molecule has 5 N–H and O–H groups in total. The fourth-order valence-corrected chi connectivity index (χ4v) is 3.89. The van der Waals surface area contributed by atoms with Crippen molar-refractivity contribution in [2.45, 2.75) is 19.0 Å². The first-order chi connectivity index (χ1) is 18.9. The van der Waals surface area contributed by atoms with E-state index in [4.69, 9.17) is 17.3 Å². The highest BCUT2D eigenvalue weighted by atomic mass is 35.5. The van der Waals surface area contributed by atoms with Crippen molar-refractivity contribution >= 4 is 41.2 Å². The average molecular weight is 545 g/mol. The molecule has 4 rings (SSSR count). The van der Waals surface area contributed by atoms with Crippen LogP contribution in [-0.2, 0) is 22.6 Å². The Labute approximate surface area is 229 Å². The normalized spacial score (nSPS) is 11.6. The second kappa shape index (κ2) is 13.0. The van der Waals surface area contributed by atoms with Crippen LogP contribution >= 0.6 is 11.6 Å². The van der Waals surface area contributed by atoms with Crippen LogP contribution in [0.2, 0.25) is 5.02 Å². The second-order valence-corrected chi connectivity index (χ2v) is 8.88. The summed E-state index contributed by atoms with van der Waals surface area (Å²) in [6.45, 7) is 0.268. The van der Waals surface area contributed by atoms with E-state index in [1.54, 1.807) is 48.5 Å². The largest absolute Gasteiger partial charge is 0.352 e. The van der Waals surface area contributed by atoms with Crippen molar-refractivity contribution in [1.82, 2.24) is 30.8 Å². The van der Waals surface area contributed by atoms with Crippen LogP contribution in [0.1, 0.15) is 16.7 Å². The van der Waals surface area contributed by atoms with Crippen molar-refractivity contribution in [3.05, 3.63) is 107 Å². The Morgan fingerprint density at radius 3 is 2.46 bits per heavy atom. The molecule has 0 aliphatic heterocycles. The molecule has 0 saturated heterocycles. The first kappa shape index (κ1) is 27.0. The number of anilines is 1. The molecule has 0 saturated carbocycles. The van der Waals surface area contributed by atoms with E-state index in [1.807, 2.05) is 30.3 Å². The molecule has 11 nitrogen and oxygen atoms in total. The monoisotopic (exact) mass is 544 g/mol. The second-order valence-electron chi connectivity index (χ2n) is 8.45. The van der Waals surface area contributed by atoms with E-state index in [1.165, 1.54) is 17.1 Å². The highest BCUT2D eigenvalue weighted by Gasteiger charge is 2.21. The molecule has 39 heavy (non-hydrogen) atoms. The van der Waals surface area contributed by atoms with Gasteiger partial charge in [0.2, 0.25) is 11.8 Å². The summed E-state index contributed by atoms with van der Waals surface area (Å²) >= 11 is 6.16. The number of urea groups is 1. The van der Waals surface area contributed by atoms with Crippen LogP contribution in [0, 0.1) is 0 Å². The maximum Gasteiger partial charge on any atom is 0.312 e. The fourth-order valence-electron chi connectivity index (χ4n) is 3.71. The van der Waals surface area contributed by atoms with Gasteiger partial charge >= 0.3 is 6.03 Å². The maximum atomic E-state index is 13.2. The van der Waals surface area contributed by atoms with Gasteiger partial charge in [-0.1, -0.05) is 54.1 Å². The number of carbonyl (C=O) groups excluding carboxylic acids is 3. The van der Waals surface area contributed by atoms with Crippen LogP contribution in [0.3, 0.4) is 0 Å². The quantitative estimate of drug-likeness (QED) is 0.225. The van der Waals surface area contributed by atoms with Crippen molar-refractivity contribution in [3.63, 3.8) is 0 Å². The standard InChI is InChI=1S/C27H25ClN8O3/c28-21-9-12-24(36-17-31-34-35-36)20(15-21)8-13-25(37)33-23(14-18-4-2-1-3-5-18)26(38)32-22-10-6-19(7-11-22)16-30-27(29)39/h1-13,15,17,23H,14,16H2,(H,32,38)(H,33,37)(H3,29,30,39)/b13-8+. The summed E-state index contributed by atoms with van der Waals surface area (Å²) in [5.74, 6) is -0.859. The number of nitrogens with two attached hydrogens (primary N) is 1. The summed E-state index contributed by atoms with van der Waals surface area (Å²) in [5.41, 5.74) is 8.57. The molecule has 0 fully saturated rings. The highest BCUT2D eigenvalue weighted by Crippen LogP contribution is 2.20. The number of nitrogens with zero attached hydrogens (tertiary/aromatic N) is 4. The van der Waals surface area contributed by atoms with Gasteiger partial charge in [0.1, 0.15) is 12.4 Å². The molecule has 198 valence electrons. The molecule has 1 unspecified atom stereocenters. The Morgan fingerprint density at radius 1 is 1.00 bits per heavy atom. The molecule has 1 atom stereocenters. The summed E-state index contributed by atoms with van der Waals surface area (Å²) in [7, 11) is 0. The Balaban J connectivity index is 1.48. The number of amides is 4. The minimum absolute atomic E-state index is 0.268. The Morgan fingerprint density at radius 2 is 1.77 bits per heavy atom. The van der Waals surface area contributed by atoms with Gasteiger partial charge in [-0.3, -0.25) is 9.59 Å². The third-order valence-corrected chi connectivity index (χ3v) is 5.84. The zero-order valence-corrected chi connectivity index (χ0v) is 21.4. The SMILES string of the molecule is NC(=O)NCc1ccc(NC(=O)C(Cc2ccccc2)NC(=O)/C=C/c2cc(Cl)ccc2-n2cnnn2)cc1. The summed E-state index contributed by atoms with van der Waals surface area (Å²) < 4.78 is 1.45.